The minimum atomic E-state index is -0.793. The number of halogens is 1. The van der Waals surface area contributed by atoms with E-state index in [0.717, 1.165) is 0 Å². The quantitative estimate of drug-likeness (QED) is 0.754. The Morgan fingerprint density at radius 2 is 1.68 bits per heavy atom. The highest BCUT2D eigenvalue weighted by molar-refractivity contribution is 5.95. The molecule has 5 nitrogen and oxygen atoms in total. The molecule has 0 saturated carbocycles. The lowest BCUT2D eigenvalue weighted by Gasteiger charge is -2.18. The van der Waals surface area contributed by atoms with Gasteiger partial charge in [-0.15, -0.1) is 0 Å². The van der Waals surface area contributed by atoms with E-state index in [4.69, 9.17) is 0 Å². The van der Waals surface area contributed by atoms with Gasteiger partial charge in [0.1, 0.15) is 5.82 Å². The molecule has 0 spiro atoms. The van der Waals surface area contributed by atoms with Crippen LogP contribution in [0.25, 0.3) is 0 Å². The highest BCUT2D eigenvalue weighted by Crippen LogP contribution is 2.19. The van der Waals surface area contributed by atoms with E-state index in [1.807, 2.05) is 0 Å². The van der Waals surface area contributed by atoms with Gasteiger partial charge in [0.05, 0.1) is 6.10 Å². The fraction of sp³-hybridized carbons (Fsp3) is 0.263. The van der Waals surface area contributed by atoms with Crippen LogP contribution in [0.15, 0.2) is 48.5 Å². The van der Waals surface area contributed by atoms with Crippen molar-refractivity contribution in [2.24, 2.45) is 0 Å². The fourth-order valence-corrected chi connectivity index (χ4v) is 2.43. The standard InChI is InChI=1S/C19H21FN2O3/c1-12(11-18(24)14-3-7-16(20)8-4-14)21-19(25)15-5-9-17(10-6-15)22-13(2)23/h3-10,12,18,24H,11H2,1-2H3,(H,21,25)(H,22,23). The Hall–Kier alpha value is -2.73. The number of anilines is 1. The van der Waals surface area contributed by atoms with E-state index in [2.05, 4.69) is 10.6 Å². The number of aliphatic hydroxyl groups excluding tert-OH is 1. The summed E-state index contributed by atoms with van der Waals surface area (Å²) in [6.45, 7) is 3.20. The monoisotopic (exact) mass is 344 g/mol. The molecule has 2 unspecified atom stereocenters. The summed E-state index contributed by atoms with van der Waals surface area (Å²) in [4.78, 5) is 23.2. The van der Waals surface area contributed by atoms with Crippen LogP contribution in [-0.2, 0) is 4.79 Å². The van der Waals surface area contributed by atoms with Crippen LogP contribution < -0.4 is 10.6 Å². The average Bonchev–Trinajstić information content (AvgIpc) is 2.55. The van der Waals surface area contributed by atoms with E-state index in [9.17, 15) is 19.1 Å². The van der Waals surface area contributed by atoms with Crippen LogP contribution in [0.4, 0.5) is 10.1 Å². The molecule has 0 aliphatic carbocycles. The second kappa shape index (κ2) is 8.39. The molecular weight excluding hydrogens is 323 g/mol. The maximum absolute atomic E-state index is 12.9. The number of rotatable bonds is 6. The molecule has 6 heteroatoms. The van der Waals surface area contributed by atoms with Crippen LogP contribution in [0.3, 0.4) is 0 Å². The largest absolute Gasteiger partial charge is 0.388 e. The number of carbonyl (C=O) groups excluding carboxylic acids is 2. The van der Waals surface area contributed by atoms with Crippen LogP contribution in [0.5, 0.6) is 0 Å². The Kier molecular flexibility index (Phi) is 6.25. The molecule has 132 valence electrons. The van der Waals surface area contributed by atoms with Crippen molar-refractivity contribution in [1.29, 1.82) is 0 Å². The zero-order valence-electron chi connectivity index (χ0n) is 14.1. The maximum atomic E-state index is 12.9. The lowest BCUT2D eigenvalue weighted by atomic mass is 10.0. The fourth-order valence-electron chi connectivity index (χ4n) is 2.43. The molecule has 2 amide bonds. The molecule has 0 aliphatic rings. The van der Waals surface area contributed by atoms with E-state index in [0.29, 0.717) is 23.2 Å². The predicted molar refractivity (Wildman–Crippen MR) is 93.7 cm³/mol. The molecule has 2 aromatic rings. The Balaban J connectivity index is 1.90. The third kappa shape index (κ3) is 5.69. The predicted octanol–water partition coefficient (Wildman–Crippen LogP) is 3.03. The van der Waals surface area contributed by atoms with E-state index in [1.54, 1.807) is 31.2 Å². The van der Waals surface area contributed by atoms with E-state index >= 15 is 0 Å². The van der Waals surface area contributed by atoms with Crippen molar-refractivity contribution in [2.45, 2.75) is 32.4 Å². The maximum Gasteiger partial charge on any atom is 0.251 e. The second-order valence-corrected chi connectivity index (χ2v) is 5.94. The van der Waals surface area contributed by atoms with Gasteiger partial charge < -0.3 is 15.7 Å². The summed E-state index contributed by atoms with van der Waals surface area (Å²) in [5, 5.41) is 15.6. The summed E-state index contributed by atoms with van der Waals surface area (Å²) in [7, 11) is 0. The molecular formula is C19H21FN2O3. The first-order valence-corrected chi connectivity index (χ1v) is 7.97. The van der Waals surface area contributed by atoms with Crippen LogP contribution in [0, 0.1) is 5.82 Å². The van der Waals surface area contributed by atoms with Gasteiger partial charge in [-0.05, 0) is 55.3 Å². The molecule has 0 fully saturated rings. The van der Waals surface area contributed by atoms with E-state index in [1.165, 1.54) is 31.2 Å². The highest BCUT2D eigenvalue weighted by atomic mass is 19.1. The van der Waals surface area contributed by atoms with E-state index in [-0.39, 0.29) is 23.7 Å². The van der Waals surface area contributed by atoms with Gasteiger partial charge in [-0.25, -0.2) is 4.39 Å². The van der Waals surface area contributed by atoms with Crippen molar-refractivity contribution in [3.63, 3.8) is 0 Å². The third-order valence-electron chi connectivity index (χ3n) is 3.68. The van der Waals surface area contributed by atoms with Crippen molar-refractivity contribution < 1.29 is 19.1 Å². The van der Waals surface area contributed by atoms with Gasteiger partial charge in [0.25, 0.3) is 5.91 Å². The van der Waals surface area contributed by atoms with Crippen molar-refractivity contribution in [3.05, 3.63) is 65.5 Å². The van der Waals surface area contributed by atoms with Crippen molar-refractivity contribution in [3.8, 4) is 0 Å². The molecule has 2 atom stereocenters. The summed E-state index contributed by atoms with van der Waals surface area (Å²) >= 11 is 0. The van der Waals surface area contributed by atoms with Crippen LogP contribution in [0.2, 0.25) is 0 Å². The summed E-state index contributed by atoms with van der Waals surface area (Å²) < 4.78 is 12.9. The zero-order valence-corrected chi connectivity index (χ0v) is 14.1. The minimum Gasteiger partial charge on any atom is -0.388 e. The summed E-state index contributed by atoms with van der Waals surface area (Å²) in [5.74, 6) is -0.811. The molecule has 0 aliphatic heterocycles. The average molecular weight is 344 g/mol. The van der Waals surface area contributed by atoms with E-state index < -0.39 is 6.10 Å². The molecule has 0 saturated heterocycles. The third-order valence-corrected chi connectivity index (χ3v) is 3.68. The lowest BCUT2D eigenvalue weighted by molar-refractivity contribution is -0.114. The summed E-state index contributed by atoms with van der Waals surface area (Å²) in [5.41, 5.74) is 1.67. The number of nitrogens with one attached hydrogen (secondary N) is 2. The smallest absolute Gasteiger partial charge is 0.251 e. The first kappa shape index (κ1) is 18.6. The SMILES string of the molecule is CC(=O)Nc1ccc(C(=O)NC(C)CC(O)c2ccc(F)cc2)cc1. The Bertz CT molecular complexity index is 729. The molecule has 0 aromatic heterocycles. The van der Waals surface area contributed by atoms with Gasteiger partial charge in [0.2, 0.25) is 5.91 Å². The Morgan fingerprint density at radius 3 is 2.24 bits per heavy atom. The molecule has 25 heavy (non-hydrogen) atoms. The molecule has 0 radical (unpaired) electrons. The van der Waals surface area contributed by atoms with Gasteiger partial charge in [-0.1, -0.05) is 12.1 Å². The first-order valence-electron chi connectivity index (χ1n) is 7.97. The van der Waals surface area contributed by atoms with Gasteiger partial charge in [0, 0.05) is 24.2 Å². The summed E-state index contributed by atoms with van der Waals surface area (Å²) in [6, 6.07) is 11.9. The number of carbonyl (C=O) groups is 2. The highest BCUT2D eigenvalue weighted by Gasteiger charge is 2.15. The normalized spacial score (nSPS) is 13.0. The van der Waals surface area contributed by atoms with Gasteiger partial charge in [0.15, 0.2) is 0 Å². The number of hydrogen-bond acceptors (Lipinski definition) is 3. The second-order valence-electron chi connectivity index (χ2n) is 5.94. The molecule has 2 rings (SSSR count). The van der Waals surface area contributed by atoms with Crippen LogP contribution in [-0.4, -0.2) is 23.0 Å². The topological polar surface area (TPSA) is 78.4 Å². The van der Waals surface area contributed by atoms with Gasteiger partial charge in [-0.2, -0.15) is 0 Å². The Morgan fingerprint density at radius 1 is 1.08 bits per heavy atom. The Labute approximate surface area is 145 Å². The zero-order chi connectivity index (χ0) is 18.4. The number of benzene rings is 2. The number of hydrogen-bond donors (Lipinski definition) is 3. The van der Waals surface area contributed by atoms with Gasteiger partial charge in [-0.3, -0.25) is 9.59 Å². The van der Waals surface area contributed by atoms with Gasteiger partial charge >= 0.3 is 0 Å². The van der Waals surface area contributed by atoms with Crippen molar-refractivity contribution >= 4 is 17.5 Å². The van der Waals surface area contributed by atoms with Crippen LogP contribution in [0.1, 0.15) is 42.3 Å². The van der Waals surface area contributed by atoms with Crippen molar-refractivity contribution in [2.75, 3.05) is 5.32 Å². The summed E-state index contributed by atoms with van der Waals surface area (Å²) in [6.07, 6.45) is -0.487. The molecule has 3 N–H and O–H groups in total. The van der Waals surface area contributed by atoms with Crippen LogP contribution >= 0.6 is 0 Å². The number of aliphatic hydroxyl groups is 1. The minimum absolute atomic E-state index is 0.180. The lowest BCUT2D eigenvalue weighted by Crippen LogP contribution is -2.33. The first-order chi connectivity index (χ1) is 11.8. The molecule has 0 bridgehead atoms. The van der Waals surface area contributed by atoms with Crippen molar-refractivity contribution in [1.82, 2.24) is 5.32 Å². The number of amides is 2. The molecule has 0 heterocycles. The molecule has 2 aromatic carbocycles.